The molecule has 0 atom stereocenters. The van der Waals surface area contributed by atoms with Gasteiger partial charge < -0.3 is 4.42 Å². The second kappa shape index (κ2) is 8.13. The van der Waals surface area contributed by atoms with Crippen LogP contribution in [0.15, 0.2) is 56.9 Å². The van der Waals surface area contributed by atoms with Crippen LogP contribution < -0.4 is 10.5 Å². The van der Waals surface area contributed by atoms with E-state index in [0.717, 1.165) is 40.4 Å². The van der Waals surface area contributed by atoms with Crippen molar-refractivity contribution in [3.05, 3.63) is 69.0 Å². The van der Waals surface area contributed by atoms with E-state index >= 15 is 0 Å². The molecule has 4 aromatic rings. The van der Waals surface area contributed by atoms with Crippen LogP contribution in [0.2, 0.25) is 0 Å². The second-order valence-corrected chi connectivity index (χ2v) is 10.1. The highest BCUT2D eigenvalue weighted by Gasteiger charge is 2.27. The molecule has 0 amide bonds. The fourth-order valence-corrected chi connectivity index (χ4v) is 6.36. The largest absolute Gasteiger partial charge is 0.453 e. The lowest BCUT2D eigenvalue weighted by molar-refractivity contribution is -0.404. The zero-order chi connectivity index (χ0) is 21.5. The van der Waals surface area contributed by atoms with Gasteiger partial charge in [-0.15, -0.1) is 0 Å². The van der Waals surface area contributed by atoms with E-state index in [1.54, 1.807) is 22.0 Å². The van der Waals surface area contributed by atoms with Crippen LogP contribution in [-0.2, 0) is 19.4 Å². The first kappa shape index (κ1) is 20.3. The number of thiophene rings is 1. The highest BCUT2D eigenvalue weighted by molar-refractivity contribution is 7.99. The van der Waals surface area contributed by atoms with E-state index in [4.69, 9.17) is 4.42 Å². The first-order chi connectivity index (χ1) is 15.0. The van der Waals surface area contributed by atoms with Crippen LogP contribution in [0.5, 0.6) is 0 Å². The number of Topliss-reactive ketones (excluding diaryl/α,β-unsaturated/α-hetero) is 1. The van der Waals surface area contributed by atoms with Gasteiger partial charge in [0.2, 0.25) is 5.78 Å². The maximum atomic E-state index is 13.4. The lowest BCUT2D eigenvalue weighted by Gasteiger charge is -2.09. The molecule has 0 radical (unpaired) electrons. The zero-order valence-corrected chi connectivity index (χ0v) is 19.0. The summed E-state index contributed by atoms with van der Waals surface area (Å²) in [6, 6.07) is 9.36. The molecule has 0 unspecified atom stereocenters. The van der Waals surface area contributed by atoms with E-state index in [9.17, 15) is 9.59 Å². The first-order valence-corrected chi connectivity index (χ1v) is 12.2. The van der Waals surface area contributed by atoms with Gasteiger partial charge in [0.05, 0.1) is 5.75 Å². The van der Waals surface area contributed by atoms with Gasteiger partial charge in [0.1, 0.15) is 17.5 Å². The molecule has 0 spiro atoms. The van der Waals surface area contributed by atoms with Crippen molar-refractivity contribution in [3.8, 4) is 0 Å². The number of H-pyrrole nitrogens is 1. The molecule has 0 saturated heterocycles. The van der Waals surface area contributed by atoms with E-state index in [2.05, 4.69) is 11.6 Å². The third-order valence-corrected chi connectivity index (χ3v) is 7.77. The van der Waals surface area contributed by atoms with Crippen molar-refractivity contribution in [3.63, 3.8) is 0 Å². The Morgan fingerprint density at radius 3 is 2.90 bits per heavy atom. The van der Waals surface area contributed by atoms with Crippen molar-refractivity contribution in [2.75, 3.05) is 5.75 Å². The average molecular weight is 452 g/mol. The molecule has 5 rings (SSSR count). The molecule has 1 N–H and O–H groups in total. The summed E-state index contributed by atoms with van der Waals surface area (Å²) >= 11 is 3.02. The standard InChI is InChI=1S/C24H22N2O3S2/c1-14(2)12-26-23(28)21-16-8-4-6-10-20(16)31-22(21)25-24(26)30-13-17(27)19-11-15-7-3-5-9-18(15)29-19/h3,5,7,9,11H,1,4,6,8,10,12-13H2,2H3/p+1. The van der Waals surface area contributed by atoms with Crippen molar-refractivity contribution >= 4 is 50.1 Å². The maximum Gasteiger partial charge on any atom is 0.347 e. The molecule has 7 heteroatoms. The minimum atomic E-state index is -0.102. The molecule has 3 aromatic heterocycles. The molecule has 158 valence electrons. The number of carbonyl (C=O) groups is 1. The van der Waals surface area contributed by atoms with Gasteiger partial charge in [-0.1, -0.05) is 36.1 Å². The summed E-state index contributed by atoms with van der Waals surface area (Å²) in [5, 5.41) is 2.41. The van der Waals surface area contributed by atoms with E-state index in [1.807, 2.05) is 31.2 Å². The number of hydrogen-bond acceptors (Lipinski definition) is 5. The number of benzene rings is 1. The number of aryl methyl sites for hydroxylation is 2. The smallest absolute Gasteiger partial charge is 0.347 e. The Bertz CT molecular complexity index is 1360. The van der Waals surface area contributed by atoms with Crippen molar-refractivity contribution in [1.29, 1.82) is 0 Å². The van der Waals surface area contributed by atoms with Gasteiger partial charge in [-0.3, -0.25) is 4.79 Å². The molecule has 1 aliphatic carbocycles. The number of fused-ring (bicyclic) bond motifs is 4. The Hall–Kier alpha value is -2.64. The van der Waals surface area contributed by atoms with Gasteiger partial charge in [-0.05, 0) is 67.6 Å². The number of furan rings is 1. The molecular formula is C24H23N2O3S2+. The number of nitrogens with one attached hydrogen (secondary N) is 1. The molecular weight excluding hydrogens is 428 g/mol. The summed E-state index contributed by atoms with van der Waals surface area (Å²) in [5.74, 6) is 0.424. The fourth-order valence-electron chi connectivity index (χ4n) is 4.12. The Balaban J connectivity index is 1.49. The Morgan fingerprint density at radius 1 is 1.29 bits per heavy atom. The lowest BCUT2D eigenvalue weighted by Crippen LogP contribution is -2.30. The molecule has 0 saturated carbocycles. The van der Waals surface area contributed by atoms with Gasteiger partial charge in [-0.2, -0.15) is 4.57 Å². The van der Waals surface area contributed by atoms with E-state index in [0.29, 0.717) is 23.0 Å². The summed E-state index contributed by atoms with van der Waals surface area (Å²) in [4.78, 5) is 31.9. The number of allylic oxidation sites excluding steroid dienone is 1. The molecule has 0 aliphatic heterocycles. The van der Waals surface area contributed by atoms with Gasteiger partial charge >= 0.3 is 10.7 Å². The van der Waals surface area contributed by atoms with Crippen molar-refractivity contribution in [2.24, 2.45) is 0 Å². The summed E-state index contributed by atoms with van der Waals surface area (Å²) < 4.78 is 7.43. The maximum absolute atomic E-state index is 13.4. The molecule has 1 aromatic carbocycles. The quantitative estimate of drug-likeness (QED) is 0.178. The number of para-hydroxylation sites is 1. The highest BCUT2D eigenvalue weighted by Crippen LogP contribution is 2.33. The molecule has 3 heterocycles. The van der Waals surface area contributed by atoms with Gasteiger partial charge in [0, 0.05) is 10.3 Å². The van der Waals surface area contributed by atoms with Crippen molar-refractivity contribution in [1.82, 2.24) is 4.57 Å². The number of hydrogen-bond donors (Lipinski definition) is 0. The molecule has 5 nitrogen and oxygen atoms in total. The SMILES string of the molecule is C=C(C)Cn1c(SCC(=O)c2cc3ccccc3o2)[nH+]c2sc3c(c2c1=O)CCCC3. The third kappa shape index (κ3) is 3.77. The van der Waals surface area contributed by atoms with Crippen molar-refractivity contribution in [2.45, 2.75) is 44.3 Å². The van der Waals surface area contributed by atoms with Crippen LogP contribution >= 0.6 is 23.1 Å². The molecule has 31 heavy (non-hydrogen) atoms. The second-order valence-electron chi connectivity index (χ2n) is 8.05. The Kier molecular flexibility index (Phi) is 5.32. The number of nitrogens with zero attached hydrogens (tertiary/aromatic N) is 1. The predicted octanol–water partition coefficient (Wildman–Crippen LogP) is 5.05. The fraction of sp³-hybridized carbons (Fsp3) is 0.292. The Labute approximate surface area is 187 Å². The van der Waals surface area contributed by atoms with Gasteiger partial charge in [-0.25, -0.2) is 9.78 Å². The number of carbonyl (C=O) groups excluding carboxylic acids is 1. The highest BCUT2D eigenvalue weighted by atomic mass is 32.2. The van der Waals surface area contributed by atoms with Crippen LogP contribution in [0.3, 0.4) is 0 Å². The minimum absolute atomic E-state index is 0.00911. The third-order valence-electron chi connectivity index (χ3n) is 5.56. The first-order valence-electron chi connectivity index (χ1n) is 10.4. The Morgan fingerprint density at radius 2 is 2.10 bits per heavy atom. The average Bonchev–Trinajstić information content (AvgIpc) is 3.35. The zero-order valence-electron chi connectivity index (χ0n) is 17.3. The normalized spacial score (nSPS) is 13.6. The number of aromatic nitrogens is 2. The van der Waals surface area contributed by atoms with Crippen LogP contribution in [0.25, 0.3) is 21.2 Å². The van der Waals surface area contributed by atoms with Crippen LogP contribution in [-0.4, -0.2) is 16.1 Å². The van der Waals surface area contributed by atoms with Crippen LogP contribution in [0.1, 0.15) is 40.8 Å². The number of ketones is 1. The van der Waals surface area contributed by atoms with E-state index in [-0.39, 0.29) is 17.1 Å². The van der Waals surface area contributed by atoms with Gasteiger partial charge in [0.25, 0.3) is 0 Å². The van der Waals surface area contributed by atoms with E-state index in [1.165, 1.54) is 28.6 Å². The molecule has 0 fully saturated rings. The summed E-state index contributed by atoms with van der Waals surface area (Å²) in [6.45, 7) is 6.33. The lowest BCUT2D eigenvalue weighted by atomic mass is 9.97. The minimum Gasteiger partial charge on any atom is -0.453 e. The van der Waals surface area contributed by atoms with Crippen molar-refractivity contribution < 1.29 is 14.2 Å². The van der Waals surface area contributed by atoms with E-state index < -0.39 is 0 Å². The summed E-state index contributed by atoms with van der Waals surface area (Å²) in [5.41, 5.74) is 2.81. The number of rotatable bonds is 6. The predicted molar refractivity (Wildman–Crippen MR) is 125 cm³/mol. The summed E-state index contributed by atoms with van der Waals surface area (Å²) in [6.07, 6.45) is 4.30. The number of aromatic amines is 1. The molecule has 1 aliphatic rings. The summed E-state index contributed by atoms with van der Waals surface area (Å²) in [7, 11) is 0. The van der Waals surface area contributed by atoms with Crippen LogP contribution in [0, 0.1) is 0 Å². The van der Waals surface area contributed by atoms with Gasteiger partial charge in [0.15, 0.2) is 10.6 Å². The topological polar surface area (TPSA) is 66.3 Å². The molecule has 0 bridgehead atoms. The van der Waals surface area contributed by atoms with Crippen LogP contribution in [0.4, 0.5) is 0 Å². The monoisotopic (exact) mass is 451 g/mol. The number of thioether (sulfide) groups is 1.